The molecule has 1 aromatic heterocycles. The number of nitrogens with zero attached hydrogens (tertiary/aromatic N) is 2. The van der Waals surface area contributed by atoms with Gasteiger partial charge in [-0.3, -0.25) is 4.90 Å². The molecule has 0 bridgehead atoms. The average Bonchev–Trinajstić information content (AvgIpc) is 2.68. The van der Waals surface area contributed by atoms with E-state index >= 15 is 0 Å². The Morgan fingerprint density at radius 1 is 1.33 bits per heavy atom. The van der Waals surface area contributed by atoms with Crippen molar-refractivity contribution in [3.8, 4) is 0 Å². The number of methoxy groups -OCH3 is 1. The molecule has 0 radical (unpaired) electrons. The summed E-state index contributed by atoms with van der Waals surface area (Å²) in [6, 6.07) is 0. The van der Waals surface area contributed by atoms with Gasteiger partial charge in [-0.05, 0) is 0 Å². The molecule has 1 fully saturated rings. The van der Waals surface area contributed by atoms with E-state index in [1.54, 1.807) is 18.4 Å². The van der Waals surface area contributed by atoms with Crippen molar-refractivity contribution in [2.75, 3.05) is 33.3 Å². The standard InChI is InChI=1S/C10H17N3OS.3ClH/c1-14-7-10-12-9(8-15-10)6-13-4-2-11-3-5-13;;;/h8,11H,2-7H2,1H3;3*1H. The minimum absolute atomic E-state index is 0. The SMILES string of the molecule is COCc1nc(CN2CCNCC2)cs1.Cl.Cl.Cl. The zero-order chi connectivity index (χ0) is 10.5. The number of nitrogens with one attached hydrogen (secondary N) is 1. The number of hydrogen-bond donors (Lipinski definition) is 1. The highest BCUT2D eigenvalue weighted by molar-refractivity contribution is 7.09. The van der Waals surface area contributed by atoms with Crippen molar-refractivity contribution in [2.24, 2.45) is 0 Å². The molecule has 0 atom stereocenters. The van der Waals surface area contributed by atoms with Gasteiger partial charge in [0.15, 0.2) is 0 Å². The van der Waals surface area contributed by atoms with Crippen LogP contribution < -0.4 is 5.32 Å². The van der Waals surface area contributed by atoms with Crippen LogP contribution in [0.1, 0.15) is 10.7 Å². The van der Waals surface area contributed by atoms with Crippen LogP contribution in [0.5, 0.6) is 0 Å². The maximum atomic E-state index is 5.06. The summed E-state index contributed by atoms with van der Waals surface area (Å²) in [5, 5.41) is 6.55. The second-order valence-electron chi connectivity index (χ2n) is 3.69. The lowest BCUT2D eigenvalue weighted by atomic mass is 10.3. The van der Waals surface area contributed by atoms with Crippen LogP contribution in [0.3, 0.4) is 0 Å². The highest BCUT2D eigenvalue weighted by Gasteiger charge is 2.11. The Morgan fingerprint density at radius 2 is 2.00 bits per heavy atom. The van der Waals surface area contributed by atoms with E-state index in [0.29, 0.717) is 6.61 Å². The zero-order valence-corrected chi connectivity index (χ0v) is 13.5. The van der Waals surface area contributed by atoms with Crippen LogP contribution in [0.15, 0.2) is 5.38 Å². The summed E-state index contributed by atoms with van der Waals surface area (Å²) >= 11 is 1.68. The van der Waals surface area contributed by atoms with Crippen LogP contribution in [0.25, 0.3) is 0 Å². The van der Waals surface area contributed by atoms with Gasteiger partial charge in [-0.1, -0.05) is 0 Å². The van der Waals surface area contributed by atoms with Gasteiger partial charge >= 0.3 is 0 Å². The van der Waals surface area contributed by atoms with E-state index in [0.717, 1.165) is 37.7 Å². The molecule has 1 aliphatic rings. The fourth-order valence-electron chi connectivity index (χ4n) is 1.71. The van der Waals surface area contributed by atoms with E-state index in [4.69, 9.17) is 4.74 Å². The summed E-state index contributed by atoms with van der Waals surface area (Å²) in [5.41, 5.74) is 1.17. The molecule has 0 aliphatic carbocycles. The predicted octanol–water partition coefficient (Wildman–Crippen LogP) is 1.96. The second kappa shape index (κ2) is 11.2. The Morgan fingerprint density at radius 3 is 2.61 bits per heavy atom. The second-order valence-corrected chi connectivity index (χ2v) is 4.63. The van der Waals surface area contributed by atoms with Gasteiger partial charge < -0.3 is 10.1 Å². The van der Waals surface area contributed by atoms with Crippen molar-refractivity contribution in [3.63, 3.8) is 0 Å². The first kappa shape index (κ1) is 20.7. The first-order valence-electron chi connectivity index (χ1n) is 5.24. The fourth-order valence-corrected chi connectivity index (χ4v) is 2.46. The summed E-state index contributed by atoms with van der Waals surface area (Å²) in [6.45, 7) is 6.03. The van der Waals surface area contributed by atoms with Crippen molar-refractivity contribution in [3.05, 3.63) is 16.1 Å². The third-order valence-corrected chi connectivity index (χ3v) is 3.33. The lowest BCUT2D eigenvalue weighted by molar-refractivity contribution is 0.184. The van der Waals surface area contributed by atoms with E-state index in [2.05, 4.69) is 20.6 Å². The van der Waals surface area contributed by atoms with Crippen LogP contribution >= 0.6 is 48.6 Å². The zero-order valence-electron chi connectivity index (χ0n) is 10.3. The Hall–Kier alpha value is 0.380. The Labute approximate surface area is 131 Å². The summed E-state index contributed by atoms with van der Waals surface area (Å²) in [5.74, 6) is 0. The van der Waals surface area contributed by atoms with Crippen LogP contribution in [0, 0.1) is 0 Å². The van der Waals surface area contributed by atoms with Gasteiger partial charge in [-0.25, -0.2) is 4.98 Å². The van der Waals surface area contributed by atoms with Gasteiger partial charge in [0, 0.05) is 45.2 Å². The Bertz CT molecular complexity index is 308. The van der Waals surface area contributed by atoms with Crippen LogP contribution in [-0.4, -0.2) is 43.2 Å². The molecular formula is C10H20Cl3N3OS. The van der Waals surface area contributed by atoms with Crippen LogP contribution in [-0.2, 0) is 17.9 Å². The molecule has 1 aromatic rings. The van der Waals surface area contributed by atoms with E-state index in [-0.39, 0.29) is 37.2 Å². The van der Waals surface area contributed by atoms with E-state index in [1.165, 1.54) is 5.69 Å². The van der Waals surface area contributed by atoms with Gasteiger partial charge in [-0.2, -0.15) is 0 Å². The summed E-state index contributed by atoms with van der Waals surface area (Å²) < 4.78 is 5.06. The Balaban J connectivity index is 0. The maximum Gasteiger partial charge on any atom is 0.119 e. The number of halogens is 3. The van der Waals surface area contributed by atoms with Crippen LogP contribution in [0.4, 0.5) is 0 Å². The molecule has 2 heterocycles. The largest absolute Gasteiger partial charge is 0.378 e. The van der Waals surface area contributed by atoms with Gasteiger partial charge in [0.2, 0.25) is 0 Å². The summed E-state index contributed by atoms with van der Waals surface area (Å²) in [6.07, 6.45) is 0. The number of hydrogen-bond acceptors (Lipinski definition) is 5. The monoisotopic (exact) mass is 335 g/mol. The quantitative estimate of drug-likeness (QED) is 0.912. The van der Waals surface area contributed by atoms with E-state index in [9.17, 15) is 0 Å². The van der Waals surface area contributed by atoms with E-state index < -0.39 is 0 Å². The topological polar surface area (TPSA) is 37.4 Å². The predicted molar refractivity (Wildman–Crippen MR) is 82.7 cm³/mol. The molecule has 0 unspecified atom stereocenters. The molecule has 2 rings (SSSR count). The lowest BCUT2D eigenvalue weighted by Crippen LogP contribution is -2.42. The highest BCUT2D eigenvalue weighted by Crippen LogP contribution is 2.12. The molecule has 18 heavy (non-hydrogen) atoms. The molecule has 0 saturated carbocycles. The van der Waals surface area contributed by atoms with E-state index in [1.807, 2.05) is 0 Å². The molecule has 1 aliphatic heterocycles. The minimum Gasteiger partial charge on any atom is -0.378 e. The lowest BCUT2D eigenvalue weighted by Gasteiger charge is -2.26. The molecule has 0 amide bonds. The van der Waals surface area contributed by atoms with Crippen LogP contribution in [0.2, 0.25) is 0 Å². The number of rotatable bonds is 4. The molecule has 1 saturated heterocycles. The average molecular weight is 337 g/mol. The van der Waals surface area contributed by atoms with Crippen molar-refractivity contribution in [1.29, 1.82) is 0 Å². The fraction of sp³-hybridized carbons (Fsp3) is 0.700. The molecule has 0 spiro atoms. The number of aromatic nitrogens is 1. The first-order chi connectivity index (χ1) is 7.38. The van der Waals surface area contributed by atoms with Gasteiger partial charge in [0.1, 0.15) is 5.01 Å². The summed E-state index contributed by atoms with van der Waals surface area (Å²) in [4.78, 5) is 6.96. The highest BCUT2D eigenvalue weighted by atomic mass is 35.5. The van der Waals surface area contributed by atoms with Gasteiger partial charge in [0.25, 0.3) is 0 Å². The smallest absolute Gasteiger partial charge is 0.119 e. The first-order valence-corrected chi connectivity index (χ1v) is 6.12. The Kier molecular flexibility index (Phi) is 12.9. The maximum absolute atomic E-state index is 5.06. The molecule has 0 aromatic carbocycles. The number of piperazine rings is 1. The number of thiazole rings is 1. The number of ether oxygens (including phenoxy) is 1. The van der Waals surface area contributed by atoms with Crippen molar-refractivity contribution in [2.45, 2.75) is 13.2 Å². The minimum atomic E-state index is 0. The third-order valence-electron chi connectivity index (χ3n) is 2.46. The molecule has 8 heteroatoms. The van der Waals surface area contributed by atoms with Gasteiger partial charge in [-0.15, -0.1) is 48.6 Å². The van der Waals surface area contributed by atoms with Crippen molar-refractivity contribution < 1.29 is 4.74 Å². The van der Waals surface area contributed by atoms with Crippen molar-refractivity contribution >= 4 is 48.6 Å². The molecule has 4 nitrogen and oxygen atoms in total. The normalized spacial score (nSPS) is 15.2. The third kappa shape index (κ3) is 6.52. The van der Waals surface area contributed by atoms with Crippen molar-refractivity contribution in [1.82, 2.24) is 15.2 Å². The van der Waals surface area contributed by atoms with Gasteiger partial charge in [0.05, 0.1) is 12.3 Å². The molecule has 1 N–H and O–H groups in total. The summed E-state index contributed by atoms with van der Waals surface area (Å²) in [7, 11) is 1.71. The molecular weight excluding hydrogens is 317 g/mol. The molecule has 108 valence electrons.